The van der Waals surface area contributed by atoms with Crippen molar-refractivity contribution in [2.24, 2.45) is 10.2 Å². The zero-order chi connectivity index (χ0) is 18.8. The van der Waals surface area contributed by atoms with Gasteiger partial charge in [-0.1, -0.05) is 0 Å². The van der Waals surface area contributed by atoms with Crippen LogP contribution in [0.5, 0.6) is 0 Å². The minimum absolute atomic E-state index is 0.0901. The van der Waals surface area contributed by atoms with Gasteiger partial charge in [0.2, 0.25) is 15.6 Å². The molecule has 140 valence electrons. The van der Waals surface area contributed by atoms with Gasteiger partial charge in [0.15, 0.2) is 5.78 Å². The van der Waals surface area contributed by atoms with Crippen molar-refractivity contribution in [1.29, 1.82) is 0 Å². The van der Waals surface area contributed by atoms with Crippen molar-refractivity contribution in [2.45, 2.75) is 29.3 Å². The first-order chi connectivity index (χ1) is 12.3. The second-order valence-corrected chi connectivity index (χ2v) is 8.75. The molecule has 0 radical (unpaired) electrons. The predicted molar refractivity (Wildman–Crippen MR) is 94.5 cm³/mol. The van der Waals surface area contributed by atoms with Crippen molar-refractivity contribution in [1.82, 2.24) is 10.0 Å². The summed E-state index contributed by atoms with van der Waals surface area (Å²) in [4.78, 5) is 23.7. The van der Waals surface area contributed by atoms with Crippen molar-refractivity contribution < 1.29 is 22.7 Å². The summed E-state index contributed by atoms with van der Waals surface area (Å²) in [6.45, 7) is 2.13. The maximum absolute atomic E-state index is 12.3. The summed E-state index contributed by atoms with van der Waals surface area (Å²) in [6, 6.07) is 5.70. The minimum Gasteiger partial charge on any atom is -0.463 e. The average Bonchev–Trinajstić information content (AvgIpc) is 3.23. The molecule has 0 bridgehead atoms. The second kappa shape index (κ2) is 7.43. The lowest BCUT2D eigenvalue weighted by molar-refractivity contribution is -0.145. The summed E-state index contributed by atoms with van der Waals surface area (Å²) >= 11 is 1.48. The average molecular weight is 398 g/mol. The Morgan fingerprint density at radius 3 is 2.65 bits per heavy atom. The fourth-order valence-corrected chi connectivity index (χ4v) is 4.89. The Bertz CT molecular complexity index is 834. The third-order valence-corrected chi connectivity index (χ3v) is 6.72. The fraction of sp³-hybridized carbons (Fsp3) is 0.467. The number of Topliss-reactive ketones (excluding diaryl/α,β-unsaturated/α-hetero) is 1. The number of nitrogens with zero attached hydrogens (tertiary/aromatic N) is 2. The van der Waals surface area contributed by atoms with Crippen molar-refractivity contribution >= 4 is 39.2 Å². The van der Waals surface area contributed by atoms with E-state index < -0.39 is 27.3 Å². The molecule has 3 rings (SSSR count). The number of azo groups is 1. The number of carbonyl (C=O) groups excluding carboxylic acids is 2. The molecule has 2 N–H and O–H groups in total. The van der Waals surface area contributed by atoms with Crippen molar-refractivity contribution in [3.8, 4) is 0 Å². The largest absolute Gasteiger partial charge is 0.463 e. The molecule has 26 heavy (non-hydrogen) atoms. The minimum atomic E-state index is -3.66. The van der Waals surface area contributed by atoms with Crippen LogP contribution in [0.15, 0.2) is 39.4 Å². The molecule has 0 aliphatic carbocycles. The van der Waals surface area contributed by atoms with Gasteiger partial charge >= 0.3 is 5.97 Å². The monoisotopic (exact) mass is 398 g/mol. The van der Waals surface area contributed by atoms with Crippen molar-refractivity contribution in [3.05, 3.63) is 24.3 Å². The van der Waals surface area contributed by atoms with Gasteiger partial charge in [-0.2, -0.15) is 15.0 Å². The maximum atomic E-state index is 12.3. The Morgan fingerprint density at radius 2 is 2.12 bits per heavy atom. The number of carbonyl (C=O) groups is 2. The maximum Gasteiger partial charge on any atom is 0.343 e. The van der Waals surface area contributed by atoms with E-state index in [0.29, 0.717) is 5.69 Å². The van der Waals surface area contributed by atoms with Crippen molar-refractivity contribution in [2.75, 3.05) is 18.9 Å². The summed E-state index contributed by atoms with van der Waals surface area (Å²) in [6.07, 6.45) is 0.146. The topological polar surface area (TPSA) is 126 Å². The van der Waals surface area contributed by atoms with Crippen LogP contribution < -0.4 is 10.0 Å². The smallest absolute Gasteiger partial charge is 0.343 e. The molecule has 1 aromatic rings. The van der Waals surface area contributed by atoms with Crippen LogP contribution in [0.1, 0.15) is 13.3 Å². The molecule has 0 unspecified atom stereocenters. The van der Waals surface area contributed by atoms with Gasteiger partial charge in [-0.05, 0) is 31.2 Å². The van der Waals surface area contributed by atoms with Gasteiger partial charge in [-0.3, -0.25) is 10.1 Å². The molecule has 2 saturated heterocycles. The molecule has 2 heterocycles. The van der Waals surface area contributed by atoms with Gasteiger partial charge in [0.05, 0.1) is 17.2 Å². The lowest BCUT2D eigenvalue weighted by atomic mass is 9.95. The number of thioether (sulfide) groups is 1. The quantitative estimate of drug-likeness (QED) is 0.415. The second-order valence-electron chi connectivity index (χ2n) is 5.82. The van der Waals surface area contributed by atoms with Crippen LogP contribution in [0, 0.1) is 0 Å². The summed E-state index contributed by atoms with van der Waals surface area (Å²) in [5.41, 5.74) is -1.61. The molecule has 0 amide bonds. The van der Waals surface area contributed by atoms with E-state index in [1.807, 2.05) is 0 Å². The van der Waals surface area contributed by atoms with E-state index in [4.69, 9.17) is 4.74 Å². The van der Waals surface area contributed by atoms with E-state index in [9.17, 15) is 18.0 Å². The van der Waals surface area contributed by atoms with E-state index in [1.54, 1.807) is 0 Å². The fourth-order valence-electron chi connectivity index (χ4n) is 2.54. The van der Waals surface area contributed by atoms with Crippen LogP contribution in [-0.2, 0) is 24.3 Å². The first-order valence-electron chi connectivity index (χ1n) is 7.92. The number of rotatable bonds is 6. The molecular weight excluding hydrogens is 380 g/mol. The molecule has 11 heteroatoms. The molecule has 2 atom stereocenters. The number of esters is 1. The molecule has 0 saturated carbocycles. The number of sulfonamides is 1. The first-order valence-corrected chi connectivity index (χ1v) is 10.5. The van der Waals surface area contributed by atoms with Crippen LogP contribution in [0.4, 0.5) is 5.69 Å². The van der Waals surface area contributed by atoms with E-state index >= 15 is 0 Å². The lowest BCUT2D eigenvalue weighted by Gasteiger charge is -2.14. The highest BCUT2D eigenvalue weighted by atomic mass is 32.2. The number of hydrogen-bond acceptors (Lipinski definition) is 9. The Balaban J connectivity index is 1.75. The van der Waals surface area contributed by atoms with Crippen molar-refractivity contribution in [3.63, 3.8) is 0 Å². The molecule has 9 nitrogen and oxygen atoms in total. The SMILES string of the molecule is CC(=O)[C@@]1(N=Nc2ccc(S(=O)(=O)N[C@@H]3NCCS3)cc2)CCOC1=O. The van der Waals surface area contributed by atoms with Gasteiger partial charge in [-0.25, -0.2) is 13.2 Å². The number of nitrogens with one attached hydrogen (secondary N) is 2. The molecule has 2 aliphatic heterocycles. The highest BCUT2D eigenvalue weighted by Crippen LogP contribution is 2.28. The Hall–Kier alpha value is -1.82. The van der Waals surface area contributed by atoms with Gasteiger partial charge in [0, 0.05) is 18.7 Å². The van der Waals surface area contributed by atoms with E-state index in [2.05, 4.69) is 20.3 Å². The Kier molecular flexibility index (Phi) is 5.42. The third kappa shape index (κ3) is 3.80. The standard InChI is InChI=1S/C15H18N4O5S2/c1-10(20)15(6-8-24-13(15)21)19-17-11-2-4-12(5-3-11)26(22,23)18-14-16-7-9-25-14/h2-5,14,16,18H,6-9H2,1H3/t14-,15-/m0/s1. The van der Waals surface area contributed by atoms with E-state index in [0.717, 1.165) is 12.3 Å². The summed E-state index contributed by atoms with van der Waals surface area (Å²) in [5.74, 6) is -0.306. The van der Waals surface area contributed by atoms with Gasteiger partial charge < -0.3 is 4.74 Å². The molecular formula is C15H18N4O5S2. The molecule has 2 fully saturated rings. The van der Waals surface area contributed by atoms with Crippen LogP contribution in [0.3, 0.4) is 0 Å². The Labute approximate surface area is 155 Å². The van der Waals surface area contributed by atoms with Crippen LogP contribution in [0.2, 0.25) is 0 Å². The van der Waals surface area contributed by atoms with Gasteiger partial charge in [0.25, 0.3) is 0 Å². The van der Waals surface area contributed by atoms with Crippen LogP contribution in [-0.4, -0.2) is 50.1 Å². The number of benzene rings is 1. The first kappa shape index (κ1) is 19.0. The predicted octanol–water partition coefficient (Wildman–Crippen LogP) is 0.943. The number of ether oxygens (including phenoxy) is 1. The molecule has 0 aromatic heterocycles. The summed E-state index contributed by atoms with van der Waals surface area (Å²) in [5, 5.41) is 10.9. The highest BCUT2D eigenvalue weighted by molar-refractivity contribution is 8.01. The van der Waals surface area contributed by atoms with E-state index in [1.165, 1.54) is 43.0 Å². The number of cyclic esters (lactones) is 1. The van der Waals surface area contributed by atoms with Gasteiger partial charge in [-0.15, -0.1) is 11.8 Å². The molecule has 1 aromatic carbocycles. The lowest BCUT2D eigenvalue weighted by Crippen LogP contribution is -2.39. The molecule has 0 spiro atoms. The normalized spacial score (nSPS) is 26.3. The van der Waals surface area contributed by atoms with Crippen LogP contribution >= 0.6 is 11.8 Å². The van der Waals surface area contributed by atoms with Crippen LogP contribution in [0.25, 0.3) is 0 Å². The Morgan fingerprint density at radius 1 is 1.38 bits per heavy atom. The third-order valence-electron chi connectivity index (χ3n) is 4.08. The zero-order valence-electron chi connectivity index (χ0n) is 14.0. The number of hydrogen-bond donors (Lipinski definition) is 2. The summed E-state index contributed by atoms with van der Waals surface area (Å²) in [7, 11) is -3.66. The van der Waals surface area contributed by atoms with Gasteiger partial charge in [0.1, 0.15) is 5.50 Å². The highest BCUT2D eigenvalue weighted by Gasteiger charge is 2.50. The summed E-state index contributed by atoms with van der Waals surface area (Å²) < 4.78 is 32.0. The van der Waals surface area contributed by atoms with E-state index in [-0.39, 0.29) is 23.4 Å². The zero-order valence-corrected chi connectivity index (χ0v) is 15.6. The number of ketones is 1. The molecule has 2 aliphatic rings.